The standard InChI is InChI=1S/C23H23N3O4/c1-14(2)25-21(29)18-9-4-5-10-19(18)26-20(28)11-12-23(25,26)22(30)24-17-8-6-7-16(13-17)15(3)27/h4-10,13-14H,11-12H2,1-3H3,(H,24,30)/t23-/m0/s1. The molecule has 2 aliphatic rings. The fourth-order valence-corrected chi connectivity index (χ4v) is 4.45. The molecule has 0 spiro atoms. The van der Waals surface area contributed by atoms with Crippen LogP contribution in [0.25, 0.3) is 0 Å². The van der Waals surface area contributed by atoms with E-state index in [0.29, 0.717) is 22.5 Å². The van der Waals surface area contributed by atoms with Gasteiger partial charge in [0.05, 0.1) is 11.3 Å². The summed E-state index contributed by atoms with van der Waals surface area (Å²) >= 11 is 0. The first-order valence-corrected chi connectivity index (χ1v) is 9.95. The van der Waals surface area contributed by atoms with Crippen molar-refractivity contribution in [3.8, 4) is 0 Å². The van der Waals surface area contributed by atoms with E-state index >= 15 is 0 Å². The van der Waals surface area contributed by atoms with Crippen LogP contribution in [0.5, 0.6) is 0 Å². The van der Waals surface area contributed by atoms with E-state index in [0.717, 1.165) is 0 Å². The average Bonchev–Trinajstić information content (AvgIpc) is 3.06. The quantitative estimate of drug-likeness (QED) is 0.792. The molecule has 2 aromatic carbocycles. The Bertz CT molecular complexity index is 1080. The Morgan fingerprint density at radius 2 is 1.80 bits per heavy atom. The molecule has 2 aromatic rings. The molecule has 0 aliphatic carbocycles. The topological polar surface area (TPSA) is 86.8 Å². The van der Waals surface area contributed by atoms with Gasteiger partial charge in [0, 0.05) is 30.1 Å². The second kappa shape index (κ2) is 7.09. The third-order valence-corrected chi connectivity index (χ3v) is 5.71. The number of amides is 3. The third-order valence-electron chi connectivity index (χ3n) is 5.71. The molecule has 0 radical (unpaired) electrons. The first-order chi connectivity index (χ1) is 14.3. The highest BCUT2D eigenvalue weighted by Gasteiger charge is 2.61. The van der Waals surface area contributed by atoms with Gasteiger partial charge in [0.1, 0.15) is 0 Å². The van der Waals surface area contributed by atoms with E-state index in [1.54, 1.807) is 48.5 Å². The lowest BCUT2D eigenvalue weighted by Gasteiger charge is -2.50. The van der Waals surface area contributed by atoms with Crippen LogP contribution >= 0.6 is 0 Å². The molecule has 2 aliphatic heterocycles. The Morgan fingerprint density at radius 1 is 1.07 bits per heavy atom. The maximum atomic E-state index is 13.7. The Morgan fingerprint density at radius 3 is 2.50 bits per heavy atom. The number of hydrogen-bond acceptors (Lipinski definition) is 4. The van der Waals surface area contributed by atoms with E-state index in [-0.39, 0.29) is 36.5 Å². The first kappa shape index (κ1) is 19.8. The number of nitrogens with zero attached hydrogens (tertiary/aromatic N) is 2. The zero-order chi connectivity index (χ0) is 21.6. The van der Waals surface area contributed by atoms with Crippen LogP contribution in [-0.4, -0.2) is 40.1 Å². The van der Waals surface area contributed by atoms with Crippen LogP contribution in [0.4, 0.5) is 11.4 Å². The Labute approximate surface area is 174 Å². The predicted octanol–water partition coefficient (Wildman–Crippen LogP) is 3.22. The summed E-state index contributed by atoms with van der Waals surface area (Å²) in [6.45, 7) is 5.12. The summed E-state index contributed by atoms with van der Waals surface area (Å²) in [5.74, 6) is -1.06. The SMILES string of the molecule is CC(=O)c1cccc(NC(=O)[C@]23CCC(=O)N2c2ccccc2C(=O)N3C(C)C)c1. The summed E-state index contributed by atoms with van der Waals surface area (Å²) in [4.78, 5) is 54.7. The van der Waals surface area contributed by atoms with Gasteiger partial charge in [-0.25, -0.2) is 0 Å². The number of para-hydroxylation sites is 1. The van der Waals surface area contributed by atoms with E-state index in [1.807, 2.05) is 13.8 Å². The van der Waals surface area contributed by atoms with E-state index < -0.39 is 11.6 Å². The number of nitrogens with one attached hydrogen (secondary N) is 1. The van der Waals surface area contributed by atoms with E-state index in [2.05, 4.69) is 5.32 Å². The molecule has 1 N–H and O–H groups in total. The number of anilines is 2. The lowest BCUT2D eigenvalue weighted by molar-refractivity contribution is -0.129. The molecule has 4 rings (SSSR count). The van der Waals surface area contributed by atoms with Gasteiger partial charge in [-0.05, 0) is 45.0 Å². The van der Waals surface area contributed by atoms with Crippen molar-refractivity contribution in [1.29, 1.82) is 0 Å². The van der Waals surface area contributed by atoms with Crippen molar-refractivity contribution in [3.63, 3.8) is 0 Å². The molecule has 7 nitrogen and oxygen atoms in total. The van der Waals surface area contributed by atoms with Crippen molar-refractivity contribution < 1.29 is 19.2 Å². The van der Waals surface area contributed by atoms with E-state index in [9.17, 15) is 19.2 Å². The highest BCUT2D eigenvalue weighted by atomic mass is 16.2. The van der Waals surface area contributed by atoms with E-state index in [1.165, 1.54) is 16.7 Å². The van der Waals surface area contributed by atoms with Crippen molar-refractivity contribution in [1.82, 2.24) is 4.90 Å². The van der Waals surface area contributed by atoms with Gasteiger partial charge < -0.3 is 10.2 Å². The highest BCUT2D eigenvalue weighted by molar-refractivity contribution is 6.18. The Balaban J connectivity index is 1.83. The molecular weight excluding hydrogens is 382 g/mol. The van der Waals surface area contributed by atoms with Gasteiger partial charge in [-0.15, -0.1) is 0 Å². The summed E-state index contributed by atoms with van der Waals surface area (Å²) in [5, 5.41) is 2.85. The summed E-state index contributed by atoms with van der Waals surface area (Å²) in [6, 6.07) is 13.2. The van der Waals surface area contributed by atoms with Gasteiger partial charge in [-0.1, -0.05) is 24.3 Å². The zero-order valence-corrected chi connectivity index (χ0v) is 17.1. The number of carbonyl (C=O) groups is 4. The Hall–Kier alpha value is -3.48. The molecule has 1 saturated heterocycles. The number of rotatable bonds is 4. The van der Waals surface area contributed by atoms with Crippen LogP contribution in [0.15, 0.2) is 48.5 Å². The third kappa shape index (κ3) is 2.81. The average molecular weight is 405 g/mol. The molecule has 30 heavy (non-hydrogen) atoms. The highest BCUT2D eigenvalue weighted by Crippen LogP contribution is 2.45. The molecule has 1 atom stereocenters. The maximum Gasteiger partial charge on any atom is 0.271 e. The minimum atomic E-state index is -1.46. The normalized spacial score (nSPS) is 20.3. The van der Waals surface area contributed by atoms with Crippen LogP contribution in [-0.2, 0) is 9.59 Å². The monoisotopic (exact) mass is 405 g/mol. The minimum Gasteiger partial charge on any atom is -0.322 e. The fraction of sp³-hybridized carbons (Fsp3) is 0.304. The van der Waals surface area contributed by atoms with Crippen molar-refractivity contribution >= 4 is 34.9 Å². The van der Waals surface area contributed by atoms with Crippen molar-refractivity contribution in [2.45, 2.75) is 45.3 Å². The first-order valence-electron chi connectivity index (χ1n) is 9.95. The smallest absolute Gasteiger partial charge is 0.271 e. The molecule has 0 bridgehead atoms. The van der Waals surface area contributed by atoms with Crippen LogP contribution in [0.1, 0.15) is 54.3 Å². The van der Waals surface area contributed by atoms with Crippen LogP contribution in [0, 0.1) is 0 Å². The molecule has 2 heterocycles. The fourth-order valence-electron chi connectivity index (χ4n) is 4.45. The lowest BCUT2D eigenvalue weighted by Crippen LogP contribution is -2.70. The summed E-state index contributed by atoms with van der Waals surface area (Å²) in [6.07, 6.45) is 0.355. The van der Waals surface area contributed by atoms with Gasteiger partial charge in [0.25, 0.3) is 11.8 Å². The van der Waals surface area contributed by atoms with Crippen LogP contribution in [0.3, 0.4) is 0 Å². The van der Waals surface area contributed by atoms with Crippen molar-refractivity contribution in [3.05, 3.63) is 59.7 Å². The van der Waals surface area contributed by atoms with Crippen LogP contribution < -0.4 is 10.2 Å². The van der Waals surface area contributed by atoms with Gasteiger partial charge >= 0.3 is 0 Å². The molecule has 0 aromatic heterocycles. The molecule has 1 fully saturated rings. The molecule has 154 valence electrons. The Kier molecular flexibility index (Phi) is 4.68. The lowest BCUT2D eigenvalue weighted by atomic mass is 9.94. The molecule has 0 saturated carbocycles. The molecule has 3 amide bonds. The second-order valence-corrected chi connectivity index (χ2v) is 7.92. The predicted molar refractivity (Wildman–Crippen MR) is 112 cm³/mol. The van der Waals surface area contributed by atoms with Gasteiger partial charge in [0.2, 0.25) is 11.6 Å². The minimum absolute atomic E-state index is 0.118. The molecule has 0 unspecified atom stereocenters. The van der Waals surface area contributed by atoms with Crippen molar-refractivity contribution in [2.24, 2.45) is 0 Å². The second-order valence-electron chi connectivity index (χ2n) is 7.92. The number of benzene rings is 2. The summed E-state index contributed by atoms with van der Waals surface area (Å²) < 4.78 is 0. The molecule has 7 heteroatoms. The van der Waals surface area contributed by atoms with Gasteiger partial charge in [-0.3, -0.25) is 24.1 Å². The van der Waals surface area contributed by atoms with Gasteiger partial charge in [-0.2, -0.15) is 0 Å². The summed E-state index contributed by atoms with van der Waals surface area (Å²) in [7, 11) is 0. The van der Waals surface area contributed by atoms with Crippen molar-refractivity contribution in [2.75, 3.05) is 10.2 Å². The number of Topliss-reactive ketones (excluding diaryl/α,β-unsaturated/α-hetero) is 1. The van der Waals surface area contributed by atoms with E-state index in [4.69, 9.17) is 0 Å². The summed E-state index contributed by atoms with van der Waals surface area (Å²) in [5.41, 5.74) is 0.313. The maximum absolute atomic E-state index is 13.7. The van der Waals surface area contributed by atoms with Crippen LogP contribution in [0.2, 0.25) is 0 Å². The number of ketones is 1. The molecular formula is C23H23N3O4. The zero-order valence-electron chi connectivity index (χ0n) is 17.1. The number of carbonyl (C=O) groups excluding carboxylic acids is 4. The number of fused-ring (bicyclic) bond motifs is 3. The largest absolute Gasteiger partial charge is 0.322 e. The number of hydrogen-bond donors (Lipinski definition) is 1. The van der Waals surface area contributed by atoms with Gasteiger partial charge in [0.15, 0.2) is 5.78 Å².